The number of rotatable bonds is 11. The maximum Gasteiger partial charge on any atom is 0.338 e. The number of carbonyl (C=O) groups excluding carboxylic acids is 1. The number of aryl methyl sites for hydroxylation is 1. The highest BCUT2D eigenvalue weighted by Gasteiger charge is 2.55. The van der Waals surface area contributed by atoms with E-state index in [1.54, 1.807) is 19.1 Å². The summed E-state index contributed by atoms with van der Waals surface area (Å²) in [5.74, 6) is -2.92. The first kappa shape index (κ1) is 25.6. The maximum absolute atomic E-state index is 12.8. The van der Waals surface area contributed by atoms with E-state index in [9.17, 15) is 24.9 Å². The molecule has 1 aromatic heterocycles. The van der Waals surface area contributed by atoms with E-state index >= 15 is 0 Å². The van der Waals surface area contributed by atoms with E-state index in [4.69, 9.17) is 34.8 Å². The van der Waals surface area contributed by atoms with E-state index in [0.29, 0.717) is 52.9 Å². The van der Waals surface area contributed by atoms with Gasteiger partial charge in [0.1, 0.15) is 10.1 Å². The van der Waals surface area contributed by atoms with E-state index in [2.05, 4.69) is 0 Å². The largest absolute Gasteiger partial charge is 0.479 e. The van der Waals surface area contributed by atoms with Gasteiger partial charge in [-0.15, -0.1) is 11.3 Å². The molecule has 9 heteroatoms. The second-order valence-corrected chi connectivity index (χ2v) is 10.2. The Morgan fingerprint density at radius 2 is 1.93 bits per heavy atom. The van der Waals surface area contributed by atoms with Crippen molar-refractivity contribution in [1.82, 2.24) is 0 Å². The predicted octanol–water partition coefficient (Wildman–Crippen LogP) is 5.55. The van der Waals surface area contributed by atoms with Gasteiger partial charge in [0.15, 0.2) is 5.60 Å². The molecule has 0 aliphatic heterocycles. The number of thiophene rings is 1. The Morgan fingerprint density at radius 1 is 1.23 bits per heavy atom. The van der Waals surface area contributed by atoms with E-state index in [1.165, 1.54) is 11.3 Å². The summed E-state index contributed by atoms with van der Waals surface area (Å²) in [6, 6.07) is 0. The van der Waals surface area contributed by atoms with Gasteiger partial charge in [-0.25, -0.2) is 4.79 Å². The number of Topliss-reactive ketones (excluding diaryl/α,β-unsaturated/α-hetero) is 1. The van der Waals surface area contributed by atoms with Crippen molar-refractivity contribution in [3.63, 3.8) is 0 Å². The molecule has 2 unspecified atom stereocenters. The summed E-state index contributed by atoms with van der Waals surface area (Å²) in [4.78, 5) is 25.6. The molecule has 1 fully saturated rings. The summed E-state index contributed by atoms with van der Waals surface area (Å²) in [5.41, 5.74) is -2.34. The number of unbranched alkanes of at least 4 members (excludes halogenated alkanes) is 1. The van der Waals surface area contributed by atoms with Crippen LogP contribution < -0.4 is 0 Å². The van der Waals surface area contributed by atoms with Crippen LogP contribution in [-0.4, -0.2) is 38.8 Å². The molecule has 1 saturated carbocycles. The zero-order valence-electron chi connectivity index (χ0n) is 16.7. The summed E-state index contributed by atoms with van der Waals surface area (Å²) in [7, 11) is 0. The van der Waals surface area contributed by atoms with Crippen LogP contribution in [0.15, 0.2) is 12.2 Å². The number of carboxylic acid groups (broad SMARTS) is 1. The Kier molecular flexibility index (Phi) is 9.65. The predicted molar refractivity (Wildman–Crippen MR) is 121 cm³/mol. The molecule has 1 aliphatic carbocycles. The molecule has 1 aliphatic rings. The topological polar surface area (TPSA) is 94.8 Å². The van der Waals surface area contributed by atoms with Crippen LogP contribution in [0.5, 0.6) is 0 Å². The molecule has 2 rings (SSSR count). The first-order valence-corrected chi connectivity index (χ1v) is 12.0. The Hall–Kier alpha value is -0.630. The monoisotopic (exact) mass is 496 g/mol. The van der Waals surface area contributed by atoms with Crippen LogP contribution in [0.3, 0.4) is 0 Å². The third kappa shape index (κ3) is 5.59. The minimum Gasteiger partial charge on any atom is -0.479 e. The maximum atomic E-state index is 12.8. The summed E-state index contributed by atoms with van der Waals surface area (Å²) < 4.78 is 0.450. The van der Waals surface area contributed by atoms with Gasteiger partial charge in [-0.2, -0.15) is 0 Å². The highest BCUT2D eigenvalue weighted by Crippen LogP contribution is 2.43. The minimum absolute atomic E-state index is 0.0173. The first-order chi connectivity index (χ1) is 14.1. The second-order valence-electron chi connectivity index (χ2n) is 7.70. The average Bonchev–Trinajstić information content (AvgIpc) is 3.30. The zero-order valence-corrected chi connectivity index (χ0v) is 19.8. The smallest absolute Gasteiger partial charge is 0.338 e. The van der Waals surface area contributed by atoms with Crippen LogP contribution in [0.1, 0.15) is 56.7 Å². The molecule has 3 N–H and O–H groups in total. The highest BCUT2D eigenvalue weighted by molar-refractivity contribution is 7.17. The number of carboxylic acids is 1. The third-order valence-corrected chi connectivity index (χ3v) is 8.51. The lowest BCUT2D eigenvalue weighted by Gasteiger charge is -2.36. The Morgan fingerprint density at radius 3 is 2.50 bits per heavy atom. The molecule has 1 heterocycles. The highest BCUT2D eigenvalue weighted by atomic mass is 35.5. The summed E-state index contributed by atoms with van der Waals surface area (Å²) in [6.45, 7) is 1.75. The van der Waals surface area contributed by atoms with Crippen molar-refractivity contribution < 1.29 is 24.9 Å². The molecule has 0 bridgehead atoms. The molecule has 30 heavy (non-hydrogen) atoms. The lowest BCUT2D eigenvalue weighted by atomic mass is 9.73. The van der Waals surface area contributed by atoms with Crippen molar-refractivity contribution in [3.05, 3.63) is 31.4 Å². The number of hydrogen-bond acceptors (Lipinski definition) is 5. The third-order valence-electron chi connectivity index (χ3n) is 5.84. The summed E-state index contributed by atoms with van der Waals surface area (Å²) >= 11 is 19.4. The molecule has 168 valence electrons. The van der Waals surface area contributed by atoms with E-state index in [0.717, 1.165) is 4.88 Å². The van der Waals surface area contributed by atoms with Crippen molar-refractivity contribution in [1.29, 1.82) is 0 Å². The number of aliphatic hydroxyl groups excluding tert-OH is 1. The van der Waals surface area contributed by atoms with E-state index < -0.39 is 29.5 Å². The van der Waals surface area contributed by atoms with E-state index in [-0.39, 0.29) is 18.6 Å². The van der Waals surface area contributed by atoms with Crippen LogP contribution >= 0.6 is 46.1 Å². The van der Waals surface area contributed by atoms with Crippen LogP contribution in [0, 0.1) is 11.8 Å². The van der Waals surface area contributed by atoms with Crippen molar-refractivity contribution in [2.45, 2.75) is 70.0 Å². The van der Waals surface area contributed by atoms with Gasteiger partial charge >= 0.3 is 5.97 Å². The lowest BCUT2D eigenvalue weighted by molar-refractivity contribution is -0.185. The molecule has 0 spiro atoms. The zero-order chi connectivity index (χ0) is 22.5. The van der Waals surface area contributed by atoms with Crippen LogP contribution in [0.2, 0.25) is 14.4 Å². The summed E-state index contributed by atoms with van der Waals surface area (Å²) in [5, 5.41) is 31.8. The van der Waals surface area contributed by atoms with Crippen LogP contribution in [0.4, 0.5) is 0 Å². The molecule has 5 nitrogen and oxygen atoms in total. The number of aliphatic carboxylic acids is 1. The van der Waals surface area contributed by atoms with Crippen molar-refractivity contribution in [3.8, 4) is 0 Å². The molecule has 0 aromatic carbocycles. The SMILES string of the molecule is CC=CC[C@@H](O)C(O)(C(=O)O)C1CCC[C@H]1C(=O)CCCCc1sc(Cl)c(Cl)c1Cl. The van der Waals surface area contributed by atoms with Crippen LogP contribution in [0.25, 0.3) is 0 Å². The average molecular weight is 498 g/mol. The number of aliphatic hydroxyl groups is 2. The van der Waals surface area contributed by atoms with Gasteiger partial charge in [-0.05, 0) is 45.4 Å². The van der Waals surface area contributed by atoms with E-state index in [1.807, 2.05) is 0 Å². The molecule has 0 amide bonds. The van der Waals surface area contributed by atoms with Gasteiger partial charge in [0.2, 0.25) is 0 Å². The number of carbonyl (C=O) groups is 2. The Bertz CT molecular complexity index is 794. The fourth-order valence-electron chi connectivity index (χ4n) is 4.20. The van der Waals surface area contributed by atoms with Crippen molar-refractivity contribution in [2.75, 3.05) is 0 Å². The summed E-state index contributed by atoms with van der Waals surface area (Å²) in [6.07, 6.45) is 5.66. The van der Waals surface area contributed by atoms with Gasteiger partial charge in [-0.1, -0.05) is 53.4 Å². The number of hydrogen-bond donors (Lipinski definition) is 3. The number of ketones is 1. The fraction of sp³-hybridized carbons (Fsp3) is 0.619. The lowest BCUT2D eigenvalue weighted by Crippen LogP contribution is -2.57. The van der Waals surface area contributed by atoms with Crippen LogP contribution in [-0.2, 0) is 16.0 Å². The Labute approximate surface area is 195 Å². The van der Waals surface area contributed by atoms with Gasteiger partial charge in [0.25, 0.3) is 0 Å². The molecular formula is C21H27Cl3O5S. The van der Waals surface area contributed by atoms with Gasteiger partial charge < -0.3 is 15.3 Å². The van der Waals surface area contributed by atoms with Gasteiger partial charge in [-0.3, -0.25) is 4.79 Å². The molecule has 4 atom stereocenters. The molecule has 0 saturated heterocycles. The quantitative estimate of drug-likeness (QED) is 0.275. The normalized spacial score (nSPS) is 22.3. The van der Waals surface area contributed by atoms with Gasteiger partial charge in [0, 0.05) is 23.1 Å². The number of halogens is 3. The first-order valence-electron chi connectivity index (χ1n) is 10.0. The van der Waals surface area contributed by atoms with Crippen molar-refractivity contribution >= 4 is 57.9 Å². The standard InChI is InChI=1S/C21H27Cl3O5S/c1-2-3-11-16(26)21(29,20(27)28)13-8-6-7-12(13)14(25)9-4-5-10-15-17(22)18(23)19(24)30-15/h2-3,12-13,16,26,29H,4-11H2,1H3,(H,27,28)/t12-,13?,16-,21?/m1/s1. The molecule has 0 radical (unpaired) electrons. The number of allylic oxidation sites excluding steroid dienone is 1. The second kappa shape index (κ2) is 11.3. The molecule has 1 aromatic rings. The van der Waals surface area contributed by atoms with Gasteiger partial charge in [0.05, 0.1) is 16.1 Å². The fourth-order valence-corrected chi connectivity index (χ4v) is 6.12. The Balaban J connectivity index is 1.98. The minimum atomic E-state index is -2.34. The molecular weight excluding hydrogens is 471 g/mol. The van der Waals surface area contributed by atoms with Crippen molar-refractivity contribution in [2.24, 2.45) is 11.8 Å².